The zero-order chi connectivity index (χ0) is 13.1. The Balaban J connectivity index is -0.000000262. The number of halogens is 2. The minimum atomic E-state index is 0. The van der Waals surface area contributed by atoms with Crippen LogP contribution in [0.2, 0.25) is 0 Å². The molecule has 0 heterocycles. The van der Waals surface area contributed by atoms with Crippen LogP contribution in [0.4, 0.5) is 0 Å². The predicted octanol–water partition coefficient (Wildman–Crippen LogP) is 5.35. The third kappa shape index (κ3) is 7.11. The average molecular weight is 393 g/mol. The molecule has 0 unspecified atom stereocenters. The molecule has 1 aliphatic carbocycles. The Kier molecular flexibility index (Phi) is 13.3. The summed E-state index contributed by atoms with van der Waals surface area (Å²) >= 11 is 0. The van der Waals surface area contributed by atoms with E-state index in [9.17, 15) is 0 Å². The van der Waals surface area contributed by atoms with E-state index in [1.165, 1.54) is 16.7 Å². The number of aromatic hydroxyl groups is 1. The van der Waals surface area contributed by atoms with Crippen molar-refractivity contribution in [1.29, 1.82) is 0 Å². The van der Waals surface area contributed by atoms with Crippen molar-refractivity contribution in [1.82, 2.24) is 0 Å². The van der Waals surface area contributed by atoms with Gasteiger partial charge >= 0.3 is 0 Å². The van der Waals surface area contributed by atoms with E-state index < -0.39 is 0 Å². The molecule has 1 nitrogen and oxygen atoms in total. The number of hydrogen-bond donors (Lipinski definition) is 1. The molecule has 0 amide bonds. The third-order valence-electron chi connectivity index (χ3n) is 3.32. The molecule has 112 valence electrons. The Morgan fingerprint density at radius 2 is 1.40 bits per heavy atom. The predicted molar refractivity (Wildman–Crippen MR) is 87.2 cm³/mol. The number of hydrogen-bond acceptors (Lipinski definition) is 1. The molecule has 2 rings (SSSR count). The SMILES string of the molecule is CC1=[C-]C(C)(C)C(C)=C1C.Cl.Cl.Oc1ccccc1.[Zr]. The molecule has 1 aromatic rings. The largest absolute Gasteiger partial charge is 0.508 e. The molecule has 4 heteroatoms. The normalized spacial score (nSPS) is 14.8. The number of phenols is 1. The topological polar surface area (TPSA) is 20.2 Å². The molecular formula is C16H23Cl2OZr-. The van der Waals surface area contributed by atoms with E-state index in [4.69, 9.17) is 5.11 Å². The Morgan fingerprint density at radius 1 is 0.950 bits per heavy atom. The van der Waals surface area contributed by atoms with Gasteiger partial charge < -0.3 is 5.11 Å². The van der Waals surface area contributed by atoms with Gasteiger partial charge in [0.25, 0.3) is 0 Å². The number of para-hydroxylation sites is 1. The fraction of sp³-hybridized carbons (Fsp3) is 0.375. The van der Waals surface area contributed by atoms with E-state index >= 15 is 0 Å². The second kappa shape index (κ2) is 10.7. The van der Waals surface area contributed by atoms with Crippen LogP contribution in [0.1, 0.15) is 34.6 Å². The Bertz CT molecular complexity index is 451. The van der Waals surface area contributed by atoms with Gasteiger partial charge in [0, 0.05) is 26.2 Å². The van der Waals surface area contributed by atoms with Crippen LogP contribution in [-0.2, 0) is 26.2 Å². The molecule has 0 saturated heterocycles. The minimum absolute atomic E-state index is 0. The standard InChI is InChI=1S/C10H15.C6H6O.2ClH.Zr/c1-7-6-10(4,5)9(3)8(7)2;7-6-4-2-1-3-5-6;;;/h1-5H3;1-5,7H;2*1H;/q-1;;;;. The average Bonchev–Trinajstić information content (AvgIpc) is 2.44. The molecule has 0 atom stereocenters. The first kappa shape index (κ1) is 24.9. The second-order valence-corrected chi connectivity index (χ2v) is 4.96. The summed E-state index contributed by atoms with van der Waals surface area (Å²) in [5.41, 5.74) is 4.39. The summed E-state index contributed by atoms with van der Waals surface area (Å²) in [7, 11) is 0. The second-order valence-electron chi connectivity index (χ2n) is 4.96. The van der Waals surface area contributed by atoms with Crippen LogP contribution in [0, 0.1) is 11.5 Å². The Hall–Kier alpha value is -0.0369. The van der Waals surface area contributed by atoms with Crippen LogP contribution in [0.15, 0.2) is 47.1 Å². The molecule has 0 aromatic heterocycles. The third-order valence-corrected chi connectivity index (χ3v) is 3.32. The molecule has 1 N–H and O–H groups in total. The molecule has 0 aliphatic heterocycles. The molecular weight excluding hydrogens is 370 g/mol. The summed E-state index contributed by atoms with van der Waals surface area (Å²) in [6, 6.07) is 8.71. The fourth-order valence-electron chi connectivity index (χ4n) is 1.83. The minimum Gasteiger partial charge on any atom is -0.508 e. The quantitative estimate of drug-likeness (QED) is 0.590. The van der Waals surface area contributed by atoms with Crippen molar-refractivity contribution in [2.45, 2.75) is 34.6 Å². The van der Waals surface area contributed by atoms with E-state index in [-0.39, 0.29) is 56.4 Å². The monoisotopic (exact) mass is 391 g/mol. The smallest absolute Gasteiger partial charge is 0.115 e. The van der Waals surface area contributed by atoms with Gasteiger partial charge in [0.2, 0.25) is 0 Å². The fourth-order valence-corrected chi connectivity index (χ4v) is 1.83. The molecule has 1 aliphatic rings. The van der Waals surface area contributed by atoms with E-state index in [1.807, 2.05) is 6.07 Å². The number of phenolic OH excluding ortho intramolecular Hbond substituents is 1. The number of rotatable bonds is 0. The zero-order valence-electron chi connectivity index (χ0n) is 12.7. The summed E-state index contributed by atoms with van der Waals surface area (Å²) in [6.07, 6.45) is 3.44. The summed E-state index contributed by atoms with van der Waals surface area (Å²) < 4.78 is 0. The van der Waals surface area contributed by atoms with Gasteiger partial charge in [-0.3, -0.25) is 6.08 Å². The molecule has 20 heavy (non-hydrogen) atoms. The van der Waals surface area contributed by atoms with Gasteiger partial charge in [-0.2, -0.15) is 11.1 Å². The summed E-state index contributed by atoms with van der Waals surface area (Å²) in [6.45, 7) is 10.9. The van der Waals surface area contributed by atoms with E-state index in [1.54, 1.807) is 24.3 Å². The molecule has 0 saturated carbocycles. The van der Waals surface area contributed by atoms with Gasteiger partial charge in [0.1, 0.15) is 5.75 Å². The van der Waals surface area contributed by atoms with Gasteiger partial charge in [-0.1, -0.05) is 51.3 Å². The summed E-state index contributed by atoms with van der Waals surface area (Å²) in [4.78, 5) is 0. The van der Waals surface area contributed by atoms with Crippen molar-refractivity contribution in [2.24, 2.45) is 5.41 Å². The summed E-state index contributed by atoms with van der Waals surface area (Å²) in [5.74, 6) is 0.322. The molecule has 0 bridgehead atoms. The van der Waals surface area contributed by atoms with Crippen LogP contribution >= 0.6 is 24.8 Å². The molecule has 0 spiro atoms. The van der Waals surface area contributed by atoms with E-state index in [0.29, 0.717) is 5.75 Å². The Morgan fingerprint density at radius 3 is 1.55 bits per heavy atom. The van der Waals surface area contributed by atoms with Gasteiger partial charge in [-0.25, -0.2) is 5.57 Å². The van der Waals surface area contributed by atoms with Gasteiger partial charge in [0.15, 0.2) is 0 Å². The van der Waals surface area contributed by atoms with Crippen LogP contribution in [-0.4, -0.2) is 5.11 Å². The maximum Gasteiger partial charge on any atom is 0.115 e. The zero-order valence-corrected chi connectivity index (χ0v) is 16.7. The number of allylic oxidation sites excluding steroid dienone is 4. The first-order valence-corrected chi connectivity index (χ1v) is 5.88. The van der Waals surface area contributed by atoms with Crippen LogP contribution < -0.4 is 0 Å². The maximum absolute atomic E-state index is 8.63. The number of benzene rings is 1. The van der Waals surface area contributed by atoms with Crippen molar-refractivity contribution < 1.29 is 31.3 Å². The van der Waals surface area contributed by atoms with Gasteiger partial charge in [0.05, 0.1) is 0 Å². The van der Waals surface area contributed by atoms with Crippen molar-refractivity contribution in [3.8, 4) is 5.75 Å². The maximum atomic E-state index is 8.63. The van der Waals surface area contributed by atoms with Crippen molar-refractivity contribution in [3.63, 3.8) is 0 Å². The first-order valence-electron chi connectivity index (χ1n) is 5.88. The van der Waals surface area contributed by atoms with E-state index in [2.05, 4.69) is 40.7 Å². The van der Waals surface area contributed by atoms with Crippen LogP contribution in [0.3, 0.4) is 0 Å². The van der Waals surface area contributed by atoms with Crippen LogP contribution in [0.5, 0.6) is 5.75 Å². The summed E-state index contributed by atoms with van der Waals surface area (Å²) in [5, 5.41) is 8.63. The van der Waals surface area contributed by atoms with Crippen molar-refractivity contribution in [2.75, 3.05) is 0 Å². The first-order chi connectivity index (χ1) is 7.84. The van der Waals surface area contributed by atoms with Crippen molar-refractivity contribution in [3.05, 3.63) is 53.1 Å². The van der Waals surface area contributed by atoms with Gasteiger partial charge in [-0.15, -0.1) is 31.7 Å². The molecule has 1 aromatic carbocycles. The molecule has 0 fully saturated rings. The van der Waals surface area contributed by atoms with Crippen molar-refractivity contribution >= 4 is 24.8 Å². The molecule has 0 radical (unpaired) electrons. The van der Waals surface area contributed by atoms with Crippen LogP contribution in [0.25, 0.3) is 0 Å². The Labute approximate surface area is 154 Å². The van der Waals surface area contributed by atoms with Gasteiger partial charge in [-0.05, 0) is 12.1 Å². The van der Waals surface area contributed by atoms with E-state index in [0.717, 1.165) is 0 Å².